The molecule has 0 fully saturated rings. The predicted molar refractivity (Wildman–Crippen MR) is 113 cm³/mol. The van der Waals surface area contributed by atoms with Crippen molar-refractivity contribution in [3.05, 3.63) is 83.4 Å². The summed E-state index contributed by atoms with van der Waals surface area (Å²) in [5.74, 6) is -0.0333. The first-order chi connectivity index (χ1) is 14.6. The van der Waals surface area contributed by atoms with Crippen LogP contribution in [0.15, 0.2) is 60.7 Å². The molecule has 2 aromatic heterocycles. The highest BCUT2D eigenvalue weighted by Gasteiger charge is 2.17. The number of esters is 1. The van der Waals surface area contributed by atoms with Crippen LogP contribution in [0.2, 0.25) is 0 Å². The fourth-order valence-electron chi connectivity index (χ4n) is 3.51. The number of nitrogens with one attached hydrogen (secondary N) is 1. The first-order valence-corrected chi connectivity index (χ1v) is 9.66. The van der Waals surface area contributed by atoms with Gasteiger partial charge in [0.25, 0.3) is 0 Å². The zero-order chi connectivity index (χ0) is 21.1. The molecule has 0 atom stereocenters. The van der Waals surface area contributed by atoms with Gasteiger partial charge in [-0.2, -0.15) is 0 Å². The van der Waals surface area contributed by atoms with Crippen molar-refractivity contribution in [2.45, 2.75) is 13.3 Å². The van der Waals surface area contributed by atoms with E-state index in [0.29, 0.717) is 13.0 Å². The van der Waals surface area contributed by atoms with Crippen LogP contribution in [0.3, 0.4) is 0 Å². The summed E-state index contributed by atoms with van der Waals surface area (Å²) in [5.41, 5.74) is 4.37. The Morgan fingerprint density at radius 3 is 2.70 bits per heavy atom. The monoisotopic (exact) mass is 404 g/mol. The second kappa shape index (κ2) is 8.37. The van der Waals surface area contributed by atoms with Gasteiger partial charge in [0.2, 0.25) is 0 Å². The van der Waals surface area contributed by atoms with Gasteiger partial charge in [-0.3, -0.25) is 0 Å². The number of benzene rings is 2. The number of nitrogens with zero attached hydrogens (tertiary/aromatic N) is 1. The highest BCUT2D eigenvalue weighted by molar-refractivity contribution is 5.92. The topological polar surface area (TPSA) is 64.2 Å². The lowest BCUT2D eigenvalue weighted by molar-refractivity contribution is 0.0519. The van der Waals surface area contributed by atoms with Crippen LogP contribution >= 0.6 is 0 Å². The number of methoxy groups -OCH3 is 1. The number of rotatable bonds is 6. The Kier molecular flexibility index (Phi) is 5.48. The van der Waals surface area contributed by atoms with E-state index in [9.17, 15) is 9.18 Å². The first kappa shape index (κ1) is 19.6. The summed E-state index contributed by atoms with van der Waals surface area (Å²) in [4.78, 5) is 19.9. The molecule has 0 saturated heterocycles. The lowest BCUT2D eigenvalue weighted by Gasteiger charge is -2.07. The van der Waals surface area contributed by atoms with E-state index in [0.717, 1.165) is 39.2 Å². The zero-order valence-corrected chi connectivity index (χ0v) is 16.7. The molecule has 0 aliphatic heterocycles. The second-order valence-corrected chi connectivity index (χ2v) is 6.81. The maximum Gasteiger partial charge on any atom is 0.356 e. The maximum atomic E-state index is 13.9. The number of carbonyl (C=O) groups excluding carboxylic acids is 1. The molecular weight excluding hydrogens is 383 g/mol. The quantitative estimate of drug-likeness (QED) is 0.452. The molecule has 152 valence electrons. The summed E-state index contributed by atoms with van der Waals surface area (Å²) < 4.78 is 24.3. The van der Waals surface area contributed by atoms with Crippen molar-refractivity contribution < 1.29 is 18.7 Å². The van der Waals surface area contributed by atoms with Gasteiger partial charge in [-0.1, -0.05) is 18.2 Å². The molecular formula is C24H21FN2O3. The van der Waals surface area contributed by atoms with Crippen LogP contribution in [0.1, 0.15) is 28.7 Å². The minimum absolute atomic E-state index is 0.267. The van der Waals surface area contributed by atoms with Crippen molar-refractivity contribution in [2.75, 3.05) is 13.7 Å². The van der Waals surface area contributed by atoms with Gasteiger partial charge in [-0.25, -0.2) is 14.2 Å². The van der Waals surface area contributed by atoms with Gasteiger partial charge >= 0.3 is 5.97 Å². The van der Waals surface area contributed by atoms with Gasteiger partial charge in [-0.15, -0.1) is 0 Å². The third-order valence-electron chi connectivity index (χ3n) is 4.88. The molecule has 0 aliphatic carbocycles. The fraction of sp³-hybridized carbons (Fsp3) is 0.167. The molecule has 0 bridgehead atoms. The molecule has 0 amide bonds. The SMILES string of the molecule is CCOC(=O)c1cccc(Cc2c(-c3cccc(F)c3)[nH]c3cc(OC)ccc23)n1. The smallest absolute Gasteiger partial charge is 0.356 e. The molecule has 1 N–H and O–H groups in total. The summed E-state index contributed by atoms with van der Waals surface area (Å²) in [5, 5.41) is 0.985. The Balaban J connectivity index is 1.82. The Hall–Kier alpha value is -3.67. The van der Waals surface area contributed by atoms with Gasteiger partial charge in [0.05, 0.1) is 19.4 Å². The number of H-pyrrole nitrogens is 1. The molecule has 5 nitrogen and oxygen atoms in total. The van der Waals surface area contributed by atoms with E-state index in [4.69, 9.17) is 9.47 Å². The predicted octanol–water partition coefficient (Wildman–Crippen LogP) is 5.15. The molecule has 0 aliphatic rings. The van der Waals surface area contributed by atoms with Crippen molar-refractivity contribution in [3.63, 3.8) is 0 Å². The molecule has 4 rings (SSSR count). The molecule has 2 heterocycles. The number of halogens is 1. The van der Waals surface area contributed by atoms with Crippen LogP contribution in [0.5, 0.6) is 5.75 Å². The second-order valence-electron chi connectivity index (χ2n) is 6.81. The lowest BCUT2D eigenvalue weighted by Crippen LogP contribution is -2.08. The van der Waals surface area contributed by atoms with Crippen LogP contribution < -0.4 is 4.74 Å². The van der Waals surface area contributed by atoms with Crippen LogP contribution in [0, 0.1) is 5.82 Å². The van der Waals surface area contributed by atoms with Crippen molar-refractivity contribution in [1.82, 2.24) is 9.97 Å². The van der Waals surface area contributed by atoms with Crippen molar-refractivity contribution in [2.24, 2.45) is 0 Å². The van der Waals surface area contributed by atoms with Crippen molar-refractivity contribution in [3.8, 4) is 17.0 Å². The minimum Gasteiger partial charge on any atom is -0.497 e. The highest BCUT2D eigenvalue weighted by Crippen LogP contribution is 2.34. The summed E-state index contributed by atoms with van der Waals surface area (Å²) in [7, 11) is 1.61. The molecule has 6 heteroatoms. The summed E-state index contributed by atoms with van der Waals surface area (Å²) in [6.45, 7) is 2.05. The fourth-order valence-corrected chi connectivity index (χ4v) is 3.51. The van der Waals surface area contributed by atoms with E-state index >= 15 is 0 Å². The largest absolute Gasteiger partial charge is 0.497 e. The minimum atomic E-state index is -0.451. The van der Waals surface area contributed by atoms with E-state index in [1.54, 1.807) is 32.2 Å². The standard InChI is InChI=1S/C24H21FN2O3/c1-3-30-24(28)21-9-5-8-17(26-21)13-20-19-11-10-18(29-2)14-22(19)27-23(20)15-6-4-7-16(25)12-15/h4-12,14,27H,3,13H2,1-2H3. The molecule has 2 aromatic carbocycles. The highest BCUT2D eigenvalue weighted by atomic mass is 19.1. The number of pyridine rings is 1. The number of aromatic nitrogens is 2. The summed E-state index contributed by atoms with van der Waals surface area (Å²) >= 11 is 0. The molecule has 4 aromatic rings. The number of hydrogen-bond donors (Lipinski definition) is 1. The average molecular weight is 404 g/mol. The Labute approximate surface area is 173 Å². The third kappa shape index (κ3) is 3.89. The van der Waals surface area contributed by atoms with Crippen LogP contribution in [0.25, 0.3) is 22.2 Å². The molecule has 0 unspecified atom stereocenters. The summed E-state index contributed by atoms with van der Waals surface area (Å²) in [6, 6.07) is 17.5. The lowest BCUT2D eigenvalue weighted by atomic mass is 10.0. The number of hydrogen-bond acceptors (Lipinski definition) is 4. The maximum absolute atomic E-state index is 13.9. The zero-order valence-electron chi connectivity index (χ0n) is 16.7. The van der Waals surface area contributed by atoms with Gasteiger partial charge < -0.3 is 14.5 Å². The van der Waals surface area contributed by atoms with Crippen LogP contribution in [-0.4, -0.2) is 29.7 Å². The van der Waals surface area contributed by atoms with Gasteiger partial charge in [-0.05, 0) is 48.9 Å². The normalized spacial score (nSPS) is 10.9. The molecule has 30 heavy (non-hydrogen) atoms. The van der Waals surface area contributed by atoms with E-state index in [1.165, 1.54) is 12.1 Å². The van der Waals surface area contributed by atoms with Crippen LogP contribution in [0.4, 0.5) is 4.39 Å². The van der Waals surface area contributed by atoms with Gasteiger partial charge in [0.15, 0.2) is 0 Å². The molecule has 0 radical (unpaired) electrons. The van der Waals surface area contributed by atoms with Crippen LogP contribution in [-0.2, 0) is 11.2 Å². The van der Waals surface area contributed by atoms with Gasteiger partial charge in [0.1, 0.15) is 17.3 Å². The molecule has 0 saturated carbocycles. The number of fused-ring (bicyclic) bond motifs is 1. The Bertz CT molecular complexity index is 1220. The van der Waals surface area contributed by atoms with E-state index in [-0.39, 0.29) is 11.5 Å². The molecule has 0 spiro atoms. The average Bonchev–Trinajstić information content (AvgIpc) is 3.11. The van der Waals surface area contributed by atoms with E-state index in [1.807, 2.05) is 30.3 Å². The first-order valence-electron chi connectivity index (χ1n) is 9.66. The Morgan fingerprint density at radius 2 is 1.93 bits per heavy atom. The third-order valence-corrected chi connectivity index (χ3v) is 4.88. The van der Waals surface area contributed by atoms with Crippen molar-refractivity contribution >= 4 is 16.9 Å². The Morgan fingerprint density at radius 1 is 1.10 bits per heavy atom. The van der Waals surface area contributed by atoms with E-state index in [2.05, 4.69) is 9.97 Å². The van der Waals surface area contributed by atoms with Crippen molar-refractivity contribution in [1.29, 1.82) is 0 Å². The summed E-state index contributed by atoms with van der Waals surface area (Å²) in [6.07, 6.45) is 0.464. The number of aromatic amines is 1. The number of ether oxygens (including phenoxy) is 2. The van der Waals surface area contributed by atoms with E-state index < -0.39 is 5.97 Å². The van der Waals surface area contributed by atoms with Gasteiger partial charge in [0, 0.05) is 34.6 Å². The number of carbonyl (C=O) groups is 1.